The van der Waals surface area contributed by atoms with Crippen LogP contribution in [-0.4, -0.2) is 27.3 Å². The van der Waals surface area contributed by atoms with Crippen molar-refractivity contribution in [2.24, 2.45) is 5.73 Å². The molecule has 1 aromatic heterocycles. The van der Waals surface area contributed by atoms with E-state index >= 15 is 0 Å². The zero-order chi connectivity index (χ0) is 18.7. The summed E-state index contributed by atoms with van der Waals surface area (Å²) in [5.41, 5.74) is 8.43. The van der Waals surface area contributed by atoms with Crippen LogP contribution < -0.4 is 11.3 Å². The Labute approximate surface area is 151 Å². The lowest BCUT2D eigenvalue weighted by Crippen LogP contribution is -2.38. The van der Waals surface area contributed by atoms with E-state index in [-0.39, 0.29) is 18.0 Å². The van der Waals surface area contributed by atoms with Crippen molar-refractivity contribution in [3.63, 3.8) is 0 Å². The number of carbonyl (C=O) groups is 1. The Balaban J connectivity index is 1.83. The quantitative estimate of drug-likeness (QED) is 0.738. The van der Waals surface area contributed by atoms with Crippen LogP contribution in [0, 0.1) is 6.92 Å². The second kappa shape index (κ2) is 7.49. The molecule has 0 bridgehead atoms. The van der Waals surface area contributed by atoms with Crippen LogP contribution in [0.5, 0.6) is 0 Å². The molecular formula is C20H22N4O2. The third-order valence-electron chi connectivity index (χ3n) is 4.40. The Morgan fingerprint density at radius 3 is 2.58 bits per heavy atom. The van der Waals surface area contributed by atoms with Gasteiger partial charge in [-0.05, 0) is 31.5 Å². The molecule has 0 saturated heterocycles. The molecule has 1 unspecified atom stereocenters. The van der Waals surface area contributed by atoms with E-state index in [0.29, 0.717) is 23.3 Å². The number of carbonyl (C=O) groups excluding carboxylic acids is 1. The molecule has 1 atom stereocenters. The Bertz CT molecular complexity index is 979. The van der Waals surface area contributed by atoms with Crippen LogP contribution in [0.3, 0.4) is 0 Å². The van der Waals surface area contributed by atoms with Crippen LogP contribution in [0.2, 0.25) is 0 Å². The van der Waals surface area contributed by atoms with Gasteiger partial charge in [0.25, 0.3) is 5.56 Å². The van der Waals surface area contributed by atoms with Gasteiger partial charge in [0.1, 0.15) is 11.9 Å². The maximum absolute atomic E-state index is 12.8. The van der Waals surface area contributed by atoms with E-state index in [1.807, 2.05) is 44.2 Å². The summed E-state index contributed by atoms with van der Waals surface area (Å²) < 4.78 is 0. The van der Waals surface area contributed by atoms with Gasteiger partial charge >= 0.3 is 0 Å². The lowest BCUT2D eigenvalue weighted by molar-refractivity contribution is -0.133. The van der Waals surface area contributed by atoms with E-state index in [4.69, 9.17) is 5.73 Å². The number of aryl methyl sites for hydroxylation is 1. The minimum atomic E-state index is -0.747. The number of fused-ring (bicyclic) bond motifs is 1. The molecule has 3 N–H and O–H groups in total. The summed E-state index contributed by atoms with van der Waals surface area (Å²) in [5, 5.41) is 0.530. The molecule has 6 heteroatoms. The summed E-state index contributed by atoms with van der Waals surface area (Å²) in [5.74, 6) is 0.243. The first kappa shape index (κ1) is 17.8. The van der Waals surface area contributed by atoms with E-state index in [2.05, 4.69) is 9.97 Å². The Hall–Kier alpha value is -2.99. The largest absolute Gasteiger partial charge is 0.334 e. The topological polar surface area (TPSA) is 92.1 Å². The normalized spacial score (nSPS) is 12.1. The number of nitrogens with one attached hydrogen (secondary N) is 1. The van der Waals surface area contributed by atoms with Gasteiger partial charge in [-0.2, -0.15) is 0 Å². The van der Waals surface area contributed by atoms with Crippen LogP contribution >= 0.6 is 0 Å². The van der Waals surface area contributed by atoms with Gasteiger partial charge in [-0.25, -0.2) is 4.98 Å². The van der Waals surface area contributed by atoms with Crippen molar-refractivity contribution in [1.82, 2.24) is 14.9 Å². The monoisotopic (exact) mass is 350 g/mol. The van der Waals surface area contributed by atoms with E-state index in [1.165, 1.54) is 0 Å². The molecule has 0 spiro atoms. The predicted octanol–water partition coefficient (Wildman–Crippen LogP) is 2.28. The van der Waals surface area contributed by atoms with Gasteiger partial charge in [0.05, 0.1) is 17.4 Å². The molecule has 0 aliphatic rings. The van der Waals surface area contributed by atoms with Gasteiger partial charge in [-0.3, -0.25) is 9.59 Å². The number of hydrogen-bond donors (Lipinski definition) is 2. The third-order valence-corrected chi connectivity index (χ3v) is 4.40. The minimum Gasteiger partial charge on any atom is -0.334 e. The SMILES string of the molecule is CCN(Cc1nc2ccccc2c(=O)[nH]1)C(=O)C(N)c1ccc(C)cc1. The molecule has 2 aromatic carbocycles. The van der Waals surface area contributed by atoms with E-state index in [9.17, 15) is 9.59 Å². The summed E-state index contributed by atoms with van der Waals surface area (Å²) in [7, 11) is 0. The first-order valence-electron chi connectivity index (χ1n) is 8.58. The molecule has 0 radical (unpaired) electrons. The Kier molecular flexibility index (Phi) is 5.14. The van der Waals surface area contributed by atoms with Crippen molar-refractivity contribution in [2.45, 2.75) is 26.4 Å². The number of likely N-dealkylation sites (N-methyl/N-ethyl adjacent to an activating group) is 1. The molecule has 26 heavy (non-hydrogen) atoms. The molecule has 0 fully saturated rings. The predicted molar refractivity (Wildman–Crippen MR) is 102 cm³/mol. The molecule has 134 valence electrons. The second-order valence-corrected chi connectivity index (χ2v) is 6.27. The zero-order valence-corrected chi connectivity index (χ0v) is 14.9. The summed E-state index contributed by atoms with van der Waals surface area (Å²) in [6.45, 7) is 4.53. The summed E-state index contributed by atoms with van der Waals surface area (Å²) in [6.07, 6.45) is 0. The number of nitrogens with zero attached hydrogens (tertiary/aromatic N) is 2. The highest BCUT2D eigenvalue weighted by molar-refractivity contribution is 5.83. The van der Waals surface area contributed by atoms with Crippen molar-refractivity contribution in [3.05, 3.63) is 75.8 Å². The third kappa shape index (κ3) is 3.65. The molecule has 0 aliphatic carbocycles. The number of para-hydroxylation sites is 1. The zero-order valence-electron chi connectivity index (χ0n) is 14.9. The fraction of sp³-hybridized carbons (Fsp3) is 0.250. The van der Waals surface area contributed by atoms with Crippen molar-refractivity contribution in [1.29, 1.82) is 0 Å². The molecule has 3 rings (SSSR count). The minimum absolute atomic E-state index is 0.202. The highest BCUT2D eigenvalue weighted by atomic mass is 16.2. The molecule has 0 saturated carbocycles. The van der Waals surface area contributed by atoms with E-state index in [1.54, 1.807) is 23.1 Å². The number of amides is 1. The molecule has 0 aliphatic heterocycles. The standard InChI is InChI=1S/C20H22N4O2/c1-3-24(20(26)18(21)14-10-8-13(2)9-11-14)12-17-22-16-7-5-4-6-15(16)19(25)23-17/h4-11,18H,3,12,21H2,1-2H3,(H,22,23,25). The highest BCUT2D eigenvalue weighted by Gasteiger charge is 2.22. The van der Waals surface area contributed by atoms with Crippen LogP contribution in [-0.2, 0) is 11.3 Å². The number of rotatable bonds is 5. The lowest BCUT2D eigenvalue weighted by Gasteiger charge is -2.24. The van der Waals surface area contributed by atoms with E-state index < -0.39 is 6.04 Å². The second-order valence-electron chi connectivity index (χ2n) is 6.27. The number of benzene rings is 2. The van der Waals surface area contributed by atoms with Crippen molar-refractivity contribution in [2.75, 3.05) is 6.54 Å². The van der Waals surface area contributed by atoms with Crippen molar-refractivity contribution in [3.8, 4) is 0 Å². The molecule has 1 heterocycles. The van der Waals surface area contributed by atoms with Crippen LogP contribution in [0.4, 0.5) is 0 Å². The maximum atomic E-state index is 12.8. The molecule has 6 nitrogen and oxygen atoms in total. The summed E-state index contributed by atoms with van der Waals surface area (Å²) in [6, 6.07) is 14.0. The Morgan fingerprint density at radius 1 is 1.19 bits per heavy atom. The fourth-order valence-electron chi connectivity index (χ4n) is 2.85. The van der Waals surface area contributed by atoms with Gasteiger partial charge in [0.15, 0.2) is 0 Å². The maximum Gasteiger partial charge on any atom is 0.258 e. The smallest absolute Gasteiger partial charge is 0.258 e. The number of hydrogen-bond acceptors (Lipinski definition) is 4. The number of aromatic amines is 1. The van der Waals surface area contributed by atoms with Crippen molar-refractivity contribution >= 4 is 16.8 Å². The summed E-state index contributed by atoms with van der Waals surface area (Å²) in [4.78, 5) is 33.8. The van der Waals surface area contributed by atoms with Crippen molar-refractivity contribution < 1.29 is 4.79 Å². The summed E-state index contributed by atoms with van der Waals surface area (Å²) >= 11 is 0. The fourth-order valence-corrected chi connectivity index (χ4v) is 2.85. The number of H-pyrrole nitrogens is 1. The first-order valence-corrected chi connectivity index (χ1v) is 8.58. The molecular weight excluding hydrogens is 328 g/mol. The van der Waals surface area contributed by atoms with Gasteiger partial charge in [-0.1, -0.05) is 42.0 Å². The average Bonchev–Trinajstić information content (AvgIpc) is 2.65. The van der Waals surface area contributed by atoms with Gasteiger partial charge in [0.2, 0.25) is 5.91 Å². The molecule has 3 aromatic rings. The van der Waals surface area contributed by atoms with Crippen LogP contribution in [0.1, 0.15) is 29.9 Å². The van der Waals surface area contributed by atoms with E-state index in [0.717, 1.165) is 11.1 Å². The number of nitrogens with two attached hydrogens (primary N) is 1. The first-order chi connectivity index (χ1) is 12.5. The lowest BCUT2D eigenvalue weighted by atomic mass is 10.0. The average molecular weight is 350 g/mol. The van der Waals surface area contributed by atoms with Crippen LogP contribution in [0.25, 0.3) is 10.9 Å². The highest BCUT2D eigenvalue weighted by Crippen LogP contribution is 2.16. The van der Waals surface area contributed by atoms with Gasteiger partial charge in [0, 0.05) is 6.54 Å². The van der Waals surface area contributed by atoms with Crippen LogP contribution in [0.15, 0.2) is 53.3 Å². The van der Waals surface area contributed by atoms with Gasteiger partial charge < -0.3 is 15.6 Å². The molecule has 1 amide bonds. The Morgan fingerprint density at radius 2 is 1.88 bits per heavy atom. The number of aromatic nitrogens is 2. The van der Waals surface area contributed by atoms with Gasteiger partial charge in [-0.15, -0.1) is 0 Å².